The van der Waals surface area contributed by atoms with E-state index >= 15 is 0 Å². The number of fused-ring (bicyclic) bond motifs is 5. The summed E-state index contributed by atoms with van der Waals surface area (Å²) in [4.78, 5) is 33.1. The number of nitrogens with one attached hydrogen (secondary N) is 2. The Morgan fingerprint density at radius 2 is 1.93 bits per heavy atom. The minimum Gasteiger partial charge on any atom is -0.481 e. The molecule has 2 amide bonds. The average molecular weight is 416 g/mol. The van der Waals surface area contributed by atoms with E-state index in [9.17, 15) is 9.59 Å². The van der Waals surface area contributed by atoms with Crippen molar-refractivity contribution < 1.29 is 14.7 Å². The molecule has 4 fully saturated rings. The van der Waals surface area contributed by atoms with Crippen molar-refractivity contribution in [2.24, 2.45) is 15.8 Å². The van der Waals surface area contributed by atoms with Gasteiger partial charge in [-0.25, -0.2) is 9.79 Å². The maximum absolute atomic E-state index is 13.1. The van der Waals surface area contributed by atoms with Crippen LogP contribution in [0, 0.1) is 10.8 Å². The molecule has 6 rings (SSSR count). The molecular weight excluding hydrogens is 382 g/mol. The number of hydrogen-bond acceptors (Lipinski definition) is 5. The summed E-state index contributed by atoms with van der Waals surface area (Å²) in [6.07, 6.45) is 8.15. The lowest BCUT2D eigenvalue weighted by Crippen LogP contribution is -2.53. The number of carboxylic acid groups (broad SMARTS) is 1. The number of aliphatic imine (C=N–C) groups is 1. The van der Waals surface area contributed by atoms with E-state index in [1.54, 1.807) is 0 Å². The third-order valence-corrected chi connectivity index (χ3v) is 8.14. The number of carbonyl (C=O) groups is 2. The van der Waals surface area contributed by atoms with E-state index in [1.165, 1.54) is 0 Å². The predicted molar refractivity (Wildman–Crippen MR) is 113 cm³/mol. The van der Waals surface area contributed by atoms with E-state index in [1.807, 2.05) is 9.80 Å². The molecule has 0 aromatic rings. The fourth-order valence-electron chi connectivity index (χ4n) is 6.29. The lowest BCUT2D eigenvalue weighted by atomic mass is 9.52. The molecule has 3 N–H and O–H groups in total. The Balaban J connectivity index is 1.40. The van der Waals surface area contributed by atoms with Gasteiger partial charge < -0.3 is 15.7 Å². The predicted octanol–water partition coefficient (Wildman–Crippen LogP) is 2.83. The number of carbonyl (C=O) groups excluding carboxylic acids is 1. The monoisotopic (exact) mass is 415 g/mol. The zero-order valence-electron chi connectivity index (χ0n) is 18.0. The minimum absolute atomic E-state index is 0.0475. The van der Waals surface area contributed by atoms with E-state index in [-0.39, 0.29) is 35.5 Å². The number of carboxylic acids is 1. The summed E-state index contributed by atoms with van der Waals surface area (Å²) in [5.41, 5.74) is 1.29. The molecule has 2 atom stereocenters. The molecule has 3 heterocycles. The van der Waals surface area contributed by atoms with Gasteiger partial charge in [0.15, 0.2) is 6.17 Å². The molecule has 2 bridgehead atoms. The van der Waals surface area contributed by atoms with Crippen LogP contribution >= 0.6 is 0 Å². The number of hydrogen-bond donors (Lipinski definition) is 3. The van der Waals surface area contributed by atoms with E-state index in [4.69, 9.17) is 10.1 Å². The van der Waals surface area contributed by atoms with Crippen LogP contribution < -0.4 is 10.6 Å². The Morgan fingerprint density at radius 1 is 1.23 bits per heavy atom. The van der Waals surface area contributed by atoms with Crippen molar-refractivity contribution in [2.45, 2.75) is 83.8 Å². The molecule has 1 unspecified atom stereocenters. The lowest BCUT2D eigenvalue weighted by Gasteiger charge is -2.53. The van der Waals surface area contributed by atoms with Gasteiger partial charge in [-0.05, 0) is 63.7 Å². The first-order valence-electron chi connectivity index (χ1n) is 11.5. The molecule has 0 aromatic carbocycles. The van der Waals surface area contributed by atoms with E-state index in [2.05, 4.69) is 24.5 Å². The highest BCUT2D eigenvalue weighted by molar-refractivity contribution is 5.94. The Bertz CT molecular complexity index is 810. The topological polar surface area (TPSA) is 97.3 Å². The van der Waals surface area contributed by atoms with Crippen LogP contribution in [0.25, 0.3) is 0 Å². The first-order chi connectivity index (χ1) is 14.4. The number of urea groups is 1. The van der Waals surface area contributed by atoms with Crippen molar-refractivity contribution >= 4 is 17.8 Å². The molecule has 3 aliphatic heterocycles. The number of nitrogens with zero attached hydrogens (tertiary/aromatic N) is 3. The Morgan fingerprint density at radius 3 is 2.57 bits per heavy atom. The molecule has 30 heavy (non-hydrogen) atoms. The highest BCUT2D eigenvalue weighted by Crippen LogP contribution is 2.59. The van der Waals surface area contributed by atoms with E-state index in [0.29, 0.717) is 13.1 Å². The van der Waals surface area contributed by atoms with Crippen molar-refractivity contribution in [3.8, 4) is 0 Å². The molecule has 8 heteroatoms. The van der Waals surface area contributed by atoms with Gasteiger partial charge in [-0.3, -0.25) is 14.6 Å². The van der Waals surface area contributed by atoms with Crippen molar-refractivity contribution in [3.05, 3.63) is 11.5 Å². The molecule has 6 aliphatic rings. The Kier molecular flexibility index (Phi) is 4.52. The molecule has 164 valence electrons. The summed E-state index contributed by atoms with van der Waals surface area (Å²) in [6, 6.07) is 0.295. The highest BCUT2D eigenvalue weighted by Gasteiger charge is 2.54. The van der Waals surface area contributed by atoms with Gasteiger partial charge in [0.05, 0.1) is 0 Å². The number of aliphatic carboxylic acids is 1. The standard InChI is InChI=1S/C22H33N5O3/c1-3-12-26-18-16(17-23-14(2)13-27(17)20(26)30)24-19(25-18)22-9-6-21(7-10-22,8-11-22)5-4-15(28)29/h14,18,23H,3-13H2,1-2H3,(H,24,25)(H,28,29)/t14-,18?,21?,22?/m1/s1. The first-order valence-corrected chi connectivity index (χ1v) is 11.5. The summed E-state index contributed by atoms with van der Waals surface area (Å²) < 4.78 is 0. The third kappa shape index (κ3) is 2.90. The van der Waals surface area contributed by atoms with Crippen molar-refractivity contribution in [2.75, 3.05) is 13.1 Å². The van der Waals surface area contributed by atoms with Crippen LogP contribution in [0.5, 0.6) is 0 Å². The van der Waals surface area contributed by atoms with Crippen LogP contribution in [0.3, 0.4) is 0 Å². The van der Waals surface area contributed by atoms with Crippen molar-refractivity contribution in [1.82, 2.24) is 20.4 Å². The minimum atomic E-state index is -0.686. The largest absolute Gasteiger partial charge is 0.481 e. The molecule has 1 saturated heterocycles. The summed E-state index contributed by atoms with van der Waals surface area (Å²) in [7, 11) is 0. The molecule has 8 nitrogen and oxygen atoms in total. The Labute approximate surface area is 177 Å². The van der Waals surface area contributed by atoms with Crippen molar-refractivity contribution in [1.29, 1.82) is 0 Å². The van der Waals surface area contributed by atoms with Gasteiger partial charge in [0, 0.05) is 31.0 Å². The van der Waals surface area contributed by atoms with Crippen LogP contribution in [-0.4, -0.2) is 58.0 Å². The van der Waals surface area contributed by atoms with Crippen LogP contribution in [0.1, 0.15) is 71.6 Å². The van der Waals surface area contributed by atoms with Gasteiger partial charge >= 0.3 is 12.0 Å². The van der Waals surface area contributed by atoms with Crippen LogP contribution in [0.4, 0.5) is 4.79 Å². The summed E-state index contributed by atoms with van der Waals surface area (Å²) in [6.45, 7) is 5.60. The van der Waals surface area contributed by atoms with Gasteiger partial charge in [-0.15, -0.1) is 0 Å². The van der Waals surface area contributed by atoms with Gasteiger partial charge in [0.25, 0.3) is 0 Å². The number of amidine groups is 1. The quantitative estimate of drug-likeness (QED) is 0.620. The summed E-state index contributed by atoms with van der Waals surface area (Å²) in [5.74, 6) is 1.27. The normalized spacial score (nSPS) is 37.0. The van der Waals surface area contributed by atoms with Gasteiger partial charge in [0.2, 0.25) is 0 Å². The van der Waals surface area contributed by atoms with E-state index in [0.717, 1.165) is 68.7 Å². The maximum atomic E-state index is 13.1. The molecule has 0 aromatic heterocycles. The molecule has 3 aliphatic carbocycles. The highest BCUT2D eigenvalue weighted by atomic mass is 16.4. The van der Waals surface area contributed by atoms with Crippen molar-refractivity contribution in [3.63, 3.8) is 0 Å². The number of rotatable bonds is 6. The van der Waals surface area contributed by atoms with Crippen LogP contribution in [-0.2, 0) is 4.79 Å². The second-order valence-electron chi connectivity index (χ2n) is 10.0. The zero-order valence-corrected chi connectivity index (χ0v) is 18.0. The number of amides is 2. The van der Waals surface area contributed by atoms with E-state index < -0.39 is 5.97 Å². The molecule has 0 radical (unpaired) electrons. The summed E-state index contributed by atoms with van der Waals surface area (Å²) >= 11 is 0. The fraction of sp³-hybridized carbons (Fsp3) is 0.773. The zero-order chi connectivity index (χ0) is 21.1. The molecule has 0 spiro atoms. The van der Waals surface area contributed by atoms with Crippen LogP contribution in [0.15, 0.2) is 16.5 Å². The third-order valence-electron chi connectivity index (χ3n) is 8.14. The van der Waals surface area contributed by atoms with Crippen LogP contribution in [0.2, 0.25) is 0 Å². The molecular formula is C22H33N5O3. The maximum Gasteiger partial charge on any atom is 0.327 e. The SMILES string of the molecule is CCCN1C(=O)N2C[C@@H](C)NC2=C2NC(C34CCC(CCC(=O)O)(CC3)CC4)=NC21. The Hall–Kier alpha value is -2.25. The second-order valence-corrected chi connectivity index (χ2v) is 10.0. The summed E-state index contributed by atoms with van der Waals surface area (Å²) in [5, 5.41) is 16.3. The first kappa shape index (κ1) is 19.7. The lowest BCUT2D eigenvalue weighted by molar-refractivity contribution is -0.138. The smallest absolute Gasteiger partial charge is 0.327 e. The average Bonchev–Trinajstić information content (AvgIpc) is 3.35. The fourth-order valence-corrected chi connectivity index (χ4v) is 6.29. The van der Waals surface area contributed by atoms with Gasteiger partial charge in [-0.1, -0.05) is 6.92 Å². The molecule has 3 saturated carbocycles. The second kappa shape index (κ2) is 6.89. The van der Waals surface area contributed by atoms with Gasteiger partial charge in [-0.2, -0.15) is 0 Å². The van der Waals surface area contributed by atoms with Gasteiger partial charge in [0.1, 0.15) is 17.4 Å².